The van der Waals surface area contributed by atoms with Gasteiger partial charge in [-0.3, -0.25) is 0 Å². The smallest absolute Gasteiger partial charge is 0.131 e. The Morgan fingerprint density at radius 3 is 2.43 bits per heavy atom. The van der Waals surface area contributed by atoms with E-state index in [-0.39, 0.29) is 11.9 Å². The van der Waals surface area contributed by atoms with Gasteiger partial charge in [0, 0.05) is 11.6 Å². The Labute approximate surface area is 124 Å². The maximum atomic E-state index is 13.9. The maximum Gasteiger partial charge on any atom is 0.131 e. The maximum absolute atomic E-state index is 13.9. The van der Waals surface area contributed by atoms with Crippen LogP contribution in [-0.2, 0) is 0 Å². The number of para-hydroxylation sites is 1. The predicted octanol–water partition coefficient (Wildman–Crippen LogP) is 3.56. The van der Waals surface area contributed by atoms with Crippen LogP contribution >= 0.6 is 0 Å². The van der Waals surface area contributed by atoms with Gasteiger partial charge in [0.15, 0.2) is 0 Å². The summed E-state index contributed by atoms with van der Waals surface area (Å²) in [7, 11) is 1.79. The summed E-state index contributed by atoms with van der Waals surface area (Å²) in [5.74, 6) is 1.08. The van der Waals surface area contributed by atoms with E-state index in [2.05, 4.69) is 5.32 Å². The number of rotatable bonds is 7. The van der Waals surface area contributed by atoms with Crippen molar-refractivity contribution < 1.29 is 13.9 Å². The molecule has 0 bridgehead atoms. The fourth-order valence-electron chi connectivity index (χ4n) is 2.04. The number of hydrogen-bond acceptors (Lipinski definition) is 3. The van der Waals surface area contributed by atoms with Crippen LogP contribution < -0.4 is 14.8 Å². The Kier molecular flexibility index (Phi) is 5.58. The lowest BCUT2D eigenvalue weighted by Crippen LogP contribution is -2.17. The zero-order valence-electron chi connectivity index (χ0n) is 12.3. The highest BCUT2D eigenvalue weighted by Crippen LogP contribution is 2.27. The van der Waals surface area contributed by atoms with Gasteiger partial charge >= 0.3 is 0 Å². The average molecular weight is 289 g/mol. The van der Waals surface area contributed by atoms with Crippen molar-refractivity contribution in [2.24, 2.45) is 0 Å². The first-order valence-corrected chi connectivity index (χ1v) is 6.98. The second-order valence-corrected chi connectivity index (χ2v) is 4.67. The number of ether oxygens (including phenoxy) is 2. The van der Waals surface area contributed by atoms with Gasteiger partial charge in [-0.2, -0.15) is 0 Å². The highest BCUT2D eigenvalue weighted by atomic mass is 19.1. The third kappa shape index (κ3) is 4.20. The Hall–Kier alpha value is -2.07. The largest absolute Gasteiger partial charge is 0.490 e. The van der Waals surface area contributed by atoms with Crippen LogP contribution in [0.3, 0.4) is 0 Å². The van der Waals surface area contributed by atoms with Gasteiger partial charge in [0.05, 0.1) is 0 Å². The first-order valence-electron chi connectivity index (χ1n) is 6.98. The van der Waals surface area contributed by atoms with Gasteiger partial charge in [-0.05, 0) is 38.2 Å². The van der Waals surface area contributed by atoms with Gasteiger partial charge in [0.2, 0.25) is 0 Å². The summed E-state index contributed by atoms with van der Waals surface area (Å²) in [5.41, 5.74) is 0.541. The normalized spacial score (nSPS) is 12.0. The molecule has 0 aliphatic heterocycles. The van der Waals surface area contributed by atoms with Gasteiger partial charge in [-0.1, -0.05) is 24.3 Å². The number of halogens is 1. The van der Waals surface area contributed by atoms with Crippen LogP contribution in [-0.4, -0.2) is 20.3 Å². The lowest BCUT2D eigenvalue weighted by molar-refractivity contribution is 0.214. The van der Waals surface area contributed by atoms with Crippen LogP contribution in [0.2, 0.25) is 0 Å². The molecule has 2 aromatic carbocycles. The molecule has 0 spiro atoms. The van der Waals surface area contributed by atoms with Crippen LogP contribution in [0.4, 0.5) is 4.39 Å². The van der Waals surface area contributed by atoms with E-state index in [0.717, 1.165) is 5.75 Å². The Balaban J connectivity index is 1.93. The zero-order chi connectivity index (χ0) is 15.1. The fourth-order valence-corrected chi connectivity index (χ4v) is 2.04. The fraction of sp³-hybridized carbons (Fsp3) is 0.294. The van der Waals surface area contributed by atoms with E-state index in [1.165, 1.54) is 6.07 Å². The van der Waals surface area contributed by atoms with Crippen LogP contribution in [0.15, 0.2) is 48.5 Å². The highest BCUT2D eigenvalue weighted by molar-refractivity contribution is 5.37. The molecule has 4 heteroatoms. The van der Waals surface area contributed by atoms with Crippen molar-refractivity contribution in [3.63, 3.8) is 0 Å². The second-order valence-electron chi connectivity index (χ2n) is 4.67. The molecular weight excluding hydrogens is 269 g/mol. The summed E-state index contributed by atoms with van der Waals surface area (Å²) in [4.78, 5) is 0. The van der Waals surface area contributed by atoms with Crippen LogP contribution in [0.1, 0.15) is 18.5 Å². The molecule has 0 heterocycles. The molecule has 1 unspecified atom stereocenters. The third-order valence-electron chi connectivity index (χ3n) is 3.23. The lowest BCUT2D eigenvalue weighted by atomic mass is 10.1. The van der Waals surface area contributed by atoms with E-state index < -0.39 is 0 Å². The minimum atomic E-state index is -0.265. The average Bonchev–Trinajstić information content (AvgIpc) is 2.52. The Morgan fingerprint density at radius 2 is 1.71 bits per heavy atom. The van der Waals surface area contributed by atoms with E-state index in [1.54, 1.807) is 19.2 Å². The van der Waals surface area contributed by atoms with Crippen LogP contribution in [0.25, 0.3) is 0 Å². The topological polar surface area (TPSA) is 30.5 Å². The molecule has 3 nitrogen and oxygen atoms in total. The van der Waals surface area contributed by atoms with Crippen molar-refractivity contribution in [3.05, 3.63) is 59.9 Å². The van der Waals surface area contributed by atoms with Crippen molar-refractivity contribution in [1.82, 2.24) is 5.32 Å². The Bertz CT molecular complexity index is 560. The number of nitrogens with one attached hydrogen (secondary N) is 1. The van der Waals surface area contributed by atoms with E-state index >= 15 is 0 Å². The first kappa shape index (κ1) is 15.3. The molecule has 0 fully saturated rings. The third-order valence-corrected chi connectivity index (χ3v) is 3.23. The lowest BCUT2D eigenvalue weighted by Gasteiger charge is -2.17. The molecule has 1 N–H and O–H groups in total. The molecule has 112 valence electrons. The van der Waals surface area contributed by atoms with Crippen molar-refractivity contribution in [3.8, 4) is 11.5 Å². The quantitative estimate of drug-likeness (QED) is 0.791. The number of hydrogen-bond donors (Lipinski definition) is 1. The molecule has 0 saturated carbocycles. The molecule has 21 heavy (non-hydrogen) atoms. The molecule has 1 atom stereocenters. The molecule has 0 aliphatic carbocycles. The molecule has 2 rings (SSSR count). The second kappa shape index (κ2) is 7.64. The van der Waals surface area contributed by atoms with E-state index in [0.29, 0.717) is 24.5 Å². The van der Waals surface area contributed by atoms with E-state index in [4.69, 9.17) is 9.47 Å². The van der Waals surface area contributed by atoms with Crippen molar-refractivity contribution in [1.29, 1.82) is 0 Å². The van der Waals surface area contributed by atoms with Crippen LogP contribution in [0, 0.1) is 5.82 Å². The summed E-state index contributed by atoms with van der Waals surface area (Å²) in [6.45, 7) is 2.67. The zero-order valence-corrected chi connectivity index (χ0v) is 12.3. The monoisotopic (exact) mass is 289 g/mol. The summed E-state index contributed by atoms with van der Waals surface area (Å²) < 4.78 is 25.1. The standard InChI is InChI=1S/C17H20FNO2/c1-13(19-2)17-15(18)9-6-10-16(17)21-12-11-20-14-7-4-3-5-8-14/h3-10,13,19H,11-12H2,1-2H3. The summed E-state index contributed by atoms with van der Waals surface area (Å²) in [6, 6.07) is 14.3. The SMILES string of the molecule is CNC(C)c1c(F)cccc1OCCOc1ccccc1. The minimum absolute atomic E-state index is 0.115. The molecule has 0 aromatic heterocycles. The predicted molar refractivity (Wildman–Crippen MR) is 81.3 cm³/mol. The van der Waals surface area contributed by atoms with Crippen molar-refractivity contribution >= 4 is 0 Å². The van der Waals surface area contributed by atoms with Crippen molar-refractivity contribution in [2.45, 2.75) is 13.0 Å². The first-order chi connectivity index (χ1) is 10.2. The summed E-state index contributed by atoms with van der Waals surface area (Å²) in [6.07, 6.45) is 0. The molecule has 2 aromatic rings. The van der Waals surface area contributed by atoms with Gasteiger partial charge in [-0.25, -0.2) is 4.39 Å². The van der Waals surface area contributed by atoms with E-state index in [1.807, 2.05) is 37.3 Å². The van der Waals surface area contributed by atoms with Crippen molar-refractivity contribution in [2.75, 3.05) is 20.3 Å². The molecule has 0 saturated heterocycles. The van der Waals surface area contributed by atoms with E-state index in [9.17, 15) is 4.39 Å². The van der Waals surface area contributed by atoms with Gasteiger partial charge < -0.3 is 14.8 Å². The van der Waals surface area contributed by atoms with Gasteiger partial charge in [0.25, 0.3) is 0 Å². The van der Waals surface area contributed by atoms with Gasteiger partial charge in [0.1, 0.15) is 30.5 Å². The molecular formula is C17H20FNO2. The Morgan fingerprint density at radius 1 is 1.00 bits per heavy atom. The van der Waals surface area contributed by atoms with Crippen LogP contribution in [0.5, 0.6) is 11.5 Å². The van der Waals surface area contributed by atoms with Gasteiger partial charge in [-0.15, -0.1) is 0 Å². The number of benzene rings is 2. The molecule has 0 amide bonds. The summed E-state index contributed by atoms with van der Waals surface area (Å²) in [5, 5.41) is 3.03. The minimum Gasteiger partial charge on any atom is -0.490 e. The summed E-state index contributed by atoms with van der Waals surface area (Å²) >= 11 is 0. The molecule has 0 aliphatic rings. The molecule has 0 radical (unpaired) electrons. The highest BCUT2D eigenvalue weighted by Gasteiger charge is 2.15.